The first-order valence-electron chi connectivity index (χ1n) is 7.35. The number of carbonyl (C=O) groups excluding carboxylic acids is 1. The quantitative estimate of drug-likeness (QED) is 0.830. The van der Waals surface area contributed by atoms with Gasteiger partial charge in [0, 0.05) is 18.3 Å². The van der Waals surface area contributed by atoms with Gasteiger partial charge in [0.2, 0.25) is 5.91 Å². The lowest BCUT2D eigenvalue weighted by molar-refractivity contribution is -0.119. The maximum atomic E-state index is 11.6. The van der Waals surface area contributed by atoms with Crippen LogP contribution in [0.3, 0.4) is 0 Å². The highest BCUT2D eigenvalue weighted by Crippen LogP contribution is 2.31. The van der Waals surface area contributed by atoms with E-state index in [0.29, 0.717) is 12.0 Å². The van der Waals surface area contributed by atoms with E-state index in [2.05, 4.69) is 29.5 Å². The topological polar surface area (TPSA) is 53.5 Å². The molecule has 2 N–H and O–H groups in total. The van der Waals surface area contributed by atoms with Gasteiger partial charge in [-0.15, -0.1) is 0 Å². The van der Waals surface area contributed by atoms with E-state index in [1.54, 1.807) is 11.8 Å². The molecule has 0 aromatic heterocycles. The van der Waals surface area contributed by atoms with E-state index in [1.165, 1.54) is 25.7 Å². The molecule has 108 valence electrons. The van der Waals surface area contributed by atoms with Gasteiger partial charge >= 0.3 is 0 Å². The summed E-state index contributed by atoms with van der Waals surface area (Å²) < 4.78 is 0. The fourth-order valence-electron chi connectivity index (χ4n) is 2.59. The summed E-state index contributed by atoms with van der Waals surface area (Å²) in [6.07, 6.45) is 5.28. The molecule has 0 spiro atoms. The Kier molecular flexibility index (Phi) is 5.55. The first-order valence-corrected chi connectivity index (χ1v) is 8.34. The van der Waals surface area contributed by atoms with Crippen LogP contribution in [0.2, 0.25) is 0 Å². The fraction of sp³-hybridized carbons (Fsp3) is 0.857. The van der Waals surface area contributed by atoms with Crippen LogP contribution in [-0.2, 0) is 4.79 Å². The smallest absolute Gasteiger partial charge is 0.241 e. The summed E-state index contributed by atoms with van der Waals surface area (Å²) in [5.41, 5.74) is 0. The third-order valence-corrected chi connectivity index (χ3v) is 4.84. The summed E-state index contributed by atoms with van der Waals surface area (Å²) in [6.45, 7) is 5.16. The number of amidine groups is 1. The van der Waals surface area contributed by atoms with Crippen molar-refractivity contribution in [2.24, 2.45) is 16.8 Å². The summed E-state index contributed by atoms with van der Waals surface area (Å²) in [7, 11) is 0. The van der Waals surface area contributed by atoms with Crippen molar-refractivity contribution in [3.05, 3.63) is 0 Å². The molecule has 1 saturated heterocycles. The second kappa shape index (κ2) is 7.17. The molecule has 0 aromatic carbocycles. The van der Waals surface area contributed by atoms with Crippen LogP contribution in [-0.4, -0.2) is 36.0 Å². The third-order valence-electron chi connectivity index (χ3n) is 3.73. The molecule has 1 amide bonds. The minimum absolute atomic E-state index is 0.0226. The third kappa shape index (κ3) is 4.71. The Hall–Kier alpha value is -0.710. The normalized spacial score (nSPS) is 28.9. The Labute approximate surface area is 120 Å². The van der Waals surface area contributed by atoms with Gasteiger partial charge in [-0.3, -0.25) is 9.79 Å². The molecule has 4 nitrogen and oxygen atoms in total. The molecule has 0 radical (unpaired) electrons. The number of nitrogens with one attached hydrogen (secondary N) is 2. The zero-order valence-electron chi connectivity index (χ0n) is 11.9. The number of rotatable bonds is 4. The van der Waals surface area contributed by atoms with Gasteiger partial charge < -0.3 is 10.6 Å². The zero-order valence-corrected chi connectivity index (χ0v) is 12.8. The maximum Gasteiger partial charge on any atom is 0.241 e. The average molecular weight is 283 g/mol. The fourth-order valence-corrected chi connectivity index (χ4v) is 3.75. The number of amides is 1. The van der Waals surface area contributed by atoms with Crippen LogP contribution in [0.15, 0.2) is 4.99 Å². The van der Waals surface area contributed by atoms with Crippen LogP contribution in [0, 0.1) is 11.8 Å². The van der Waals surface area contributed by atoms with Gasteiger partial charge in [-0.1, -0.05) is 38.5 Å². The first kappa shape index (κ1) is 14.7. The number of carbonyl (C=O) groups is 1. The monoisotopic (exact) mass is 283 g/mol. The van der Waals surface area contributed by atoms with Gasteiger partial charge in [-0.25, -0.2) is 0 Å². The number of aliphatic imine (C=N–C) groups is 1. The van der Waals surface area contributed by atoms with Crippen molar-refractivity contribution in [3.63, 3.8) is 0 Å². The first-order chi connectivity index (χ1) is 9.15. The second-order valence-electron chi connectivity index (χ2n) is 5.93. The van der Waals surface area contributed by atoms with Crippen LogP contribution in [0.25, 0.3) is 0 Å². The molecule has 1 saturated carbocycles. The number of thioether (sulfide) groups is 1. The number of hydrogen-bond acceptors (Lipinski definition) is 3. The molecule has 1 heterocycles. The summed E-state index contributed by atoms with van der Waals surface area (Å²) in [6, 6.07) is 0.590. The van der Waals surface area contributed by atoms with Crippen LogP contribution in [0.5, 0.6) is 0 Å². The number of hydrogen-bond donors (Lipinski definition) is 2. The minimum atomic E-state index is 0.0226. The molecule has 1 aliphatic heterocycles. The summed E-state index contributed by atoms with van der Waals surface area (Å²) in [5.74, 6) is 2.47. The van der Waals surface area contributed by atoms with Gasteiger partial charge in [-0.05, 0) is 24.7 Å². The van der Waals surface area contributed by atoms with Crippen LogP contribution in [0.4, 0.5) is 0 Å². The predicted octanol–water partition coefficient (Wildman–Crippen LogP) is 2.01. The lowest BCUT2D eigenvalue weighted by Gasteiger charge is -2.36. The zero-order chi connectivity index (χ0) is 13.7. The highest BCUT2D eigenvalue weighted by Gasteiger charge is 2.30. The van der Waals surface area contributed by atoms with Gasteiger partial charge in [0.25, 0.3) is 0 Å². The van der Waals surface area contributed by atoms with Crippen LogP contribution in [0.1, 0.15) is 39.5 Å². The van der Waals surface area contributed by atoms with E-state index in [0.717, 1.165) is 23.4 Å². The highest BCUT2D eigenvalue weighted by atomic mass is 32.2. The predicted molar refractivity (Wildman–Crippen MR) is 81.5 cm³/mol. The van der Waals surface area contributed by atoms with Gasteiger partial charge in [0.05, 0.1) is 0 Å². The van der Waals surface area contributed by atoms with E-state index in [9.17, 15) is 4.79 Å². The summed E-state index contributed by atoms with van der Waals surface area (Å²) in [4.78, 5) is 16.0. The molecule has 1 aliphatic carbocycles. The van der Waals surface area contributed by atoms with Crippen LogP contribution < -0.4 is 10.6 Å². The van der Waals surface area contributed by atoms with Crippen molar-refractivity contribution < 1.29 is 4.79 Å². The van der Waals surface area contributed by atoms with Gasteiger partial charge in [-0.2, -0.15) is 0 Å². The van der Waals surface area contributed by atoms with E-state index in [1.807, 2.05) is 0 Å². The molecular formula is C14H25N3OS. The molecular weight excluding hydrogens is 258 g/mol. The van der Waals surface area contributed by atoms with Gasteiger partial charge in [0.15, 0.2) is 5.17 Å². The molecule has 2 atom stereocenters. The van der Waals surface area contributed by atoms with E-state index < -0.39 is 0 Å². The molecule has 19 heavy (non-hydrogen) atoms. The van der Waals surface area contributed by atoms with E-state index in [-0.39, 0.29) is 12.5 Å². The highest BCUT2D eigenvalue weighted by molar-refractivity contribution is 8.13. The van der Waals surface area contributed by atoms with Crippen molar-refractivity contribution >= 4 is 22.8 Å². The van der Waals surface area contributed by atoms with Crippen molar-refractivity contribution in [2.75, 3.05) is 18.8 Å². The summed E-state index contributed by atoms with van der Waals surface area (Å²) >= 11 is 1.77. The largest absolute Gasteiger partial charge is 0.362 e. The molecule has 5 heteroatoms. The second-order valence-corrected chi connectivity index (χ2v) is 6.93. The molecule has 2 fully saturated rings. The van der Waals surface area contributed by atoms with Crippen molar-refractivity contribution in [3.8, 4) is 0 Å². The number of nitrogens with zero attached hydrogens (tertiary/aromatic N) is 1. The van der Waals surface area contributed by atoms with Crippen molar-refractivity contribution in [1.82, 2.24) is 10.6 Å². The Balaban J connectivity index is 1.75. The molecule has 0 bridgehead atoms. The Morgan fingerprint density at radius 1 is 1.47 bits per heavy atom. The molecule has 2 rings (SSSR count). The Morgan fingerprint density at radius 3 is 3.05 bits per heavy atom. The number of fused-ring (bicyclic) bond motifs is 1. The van der Waals surface area contributed by atoms with E-state index >= 15 is 0 Å². The average Bonchev–Trinajstić information content (AvgIpc) is 2.42. The Morgan fingerprint density at radius 2 is 2.26 bits per heavy atom. The molecule has 2 unspecified atom stereocenters. The maximum absolute atomic E-state index is 11.6. The standard InChI is InChI=1S/C14H25N3OS/c1-10(2)7-15-13(18)8-16-14-17-12-6-4-3-5-11(12)9-19-14/h10-12H,3-9H2,1-2H3,(H,15,18)(H,16,17). The lowest BCUT2D eigenvalue weighted by atomic mass is 9.86. The molecule has 2 aliphatic rings. The lowest BCUT2D eigenvalue weighted by Crippen LogP contribution is -2.46. The van der Waals surface area contributed by atoms with Crippen LogP contribution >= 0.6 is 11.8 Å². The minimum Gasteiger partial charge on any atom is -0.362 e. The van der Waals surface area contributed by atoms with E-state index in [4.69, 9.17) is 0 Å². The Bertz CT molecular complexity index is 344. The van der Waals surface area contributed by atoms with Crippen molar-refractivity contribution in [2.45, 2.75) is 45.6 Å². The van der Waals surface area contributed by atoms with Gasteiger partial charge in [0.1, 0.15) is 6.54 Å². The molecule has 0 aromatic rings. The SMILES string of the molecule is CC(C)CNC(=O)CN=C1NC2CCCCC2CS1. The van der Waals surface area contributed by atoms with Crippen molar-refractivity contribution in [1.29, 1.82) is 0 Å². The summed E-state index contributed by atoms with van der Waals surface area (Å²) in [5, 5.41) is 7.36.